The number of methoxy groups -OCH3 is 1. The molecule has 0 aromatic heterocycles. The molecule has 1 rings (SSSR count). The van der Waals surface area contributed by atoms with Crippen molar-refractivity contribution in [2.45, 2.75) is 35.8 Å². The van der Waals surface area contributed by atoms with E-state index in [0.717, 1.165) is 6.07 Å². The van der Waals surface area contributed by atoms with Crippen molar-refractivity contribution >= 4 is 0 Å². The highest BCUT2D eigenvalue weighted by Crippen LogP contribution is 2.62. The Kier molecular flexibility index (Phi) is 5.43. The van der Waals surface area contributed by atoms with Gasteiger partial charge in [0.05, 0.1) is 12.7 Å². The molecule has 0 radical (unpaired) electrons. The second kappa shape index (κ2) is 6.33. The molecule has 0 aliphatic heterocycles. The Morgan fingerprint density at radius 3 is 1.41 bits per heavy atom. The zero-order valence-corrected chi connectivity index (χ0v) is 12.6. The molecule has 0 aliphatic rings. The monoisotopic (exact) mass is 426 g/mol. The number of para-hydroxylation sites is 1. The number of rotatable bonds is 6. The number of benzene rings is 1. The van der Waals surface area contributed by atoms with Crippen LogP contribution in [-0.2, 0) is 5.92 Å². The van der Waals surface area contributed by atoms with E-state index in [2.05, 4.69) is 4.74 Å². The smallest absolute Gasteiger partial charge is 0.460 e. The third-order valence-electron chi connectivity index (χ3n) is 3.38. The van der Waals surface area contributed by atoms with Crippen LogP contribution in [-0.4, -0.2) is 37.0 Å². The first kappa shape index (κ1) is 23.1. The summed E-state index contributed by atoms with van der Waals surface area (Å²) in [7, 11) is 0.595. The molecule has 1 aromatic rings. The summed E-state index contributed by atoms with van der Waals surface area (Å²) >= 11 is 0. The maximum atomic E-state index is 13.9. The van der Waals surface area contributed by atoms with Crippen molar-refractivity contribution in [3.8, 4) is 5.75 Å². The van der Waals surface area contributed by atoms with Gasteiger partial charge in [0, 0.05) is 0 Å². The second-order valence-electron chi connectivity index (χ2n) is 5.07. The largest absolute Gasteiger partial charge is 0.496 e. The van der Waals surface area contributed by atoms with Crippen LogP contribution in [0.4, 0.5) is 57.1 Å². The summed E-state index contributed by atoms with van der Waals surface area (Å²) in [5.74, 6) is -38.4. The van der Waals surface area contributed by atoms with Gasteiger partial charge in [0.15, 0.2) is 0 Å². The van der Waals surface area contributed by atoms with Crippen molar-refractivity contribution in [1.82, 2.24) is 0 Å². The summed E-state index contributed by atoms with van der Waals surface area (Å²) in [5.41, 5.74) is -2.14. The van der Waals surface area contributed by atoms with Crippen LogP contribution in [0.25, 0.3) is 0 Å². The topological polar surface area (TPSA) is 9.23 Å². The highest BCUT2D eigenvalue weighted by Gasteiger charge is 2.91. The first-order chi connectivity index (χ1) is 11.8. The lowest BCUT2D eigenvalue weighted by atomic mass is 9.90. The summed E-state index contributed by atoms with van der Waals surface area (Å²) in [6.45, 7) is 0. The Bertz CT molecular complexity index is 677. The highest BCUT2D eigenvalue weighted by atomic mass is 19.4. The van der Waals surface area contributed by atoms with Gasteiger partial charge in [0.1, 0.15) is 5.75 Å². The van der Waals surface area contributed by atoms with Gasteiger partial charge in [-0.25, -0.2) is 0 Å². The normalized spacial score (nSPS) is 15.0. The number of ether oxygens (including phenoxy) is 1. The molecule has 0 spiro atoms. The summed E-state index contributed by atoms with van der Waals surface area (Å²) in [6.07, 6.45) is -7.43. The molecule has 0 saturated carbocycles. The predicted molar refractivity (Wildman–Crippen MR) is 62.7 cm³/mol. The number of alkyl halides is 13. The fraction of sp³-hybridized carbons (Fsp3) is 0.538. The quantitative estimate of drug-likeness (QED) is 0.516. The summed E-state index contributed by atoms with van der Waals surface area (Å²) in [6, 6.07) is 1.96. The molecule has 0 bridgehead atoms. The van der Waals surface area contributed by atoms with E-state index in [-0.39, 0.29) is 6.07 Å². The maximum absolute atomic E-state index is 13.9. The molecule has 0 unspecified atom stereocenters. The fourth-order valence-corrected chi connectivity index (χ4v) is 1.84. The van der Waals surface area contributed by atoms with Gasteiger partial charge in [-0.2, -0.15) is 57.1 Å². The minimum absolute atomic E-state index is 0.0167. The molecule has 0 atom stereocenters. The molecule has 0 aliphatic carbocycles. The van der Waals surface area contributed by atoms with Gasteiger partial charge in [-0.1, -0.05) is 12.1 Å². The Balaban J connectivity index is 3.64. The van der Waals surface area contributed by atoms with Crippen molar-refractivity contribution in [3.63, 3.8) is 0 Å². The van der Waals surface area contributed by atoms with Crippen LogP contribution < -0.4 is 4.74 Å². The number of hydrogen-bond acceptors (Lipinski definition) is 1. The Morgan fingerprint density at radius 2 is 1.00 bits per heavy atom. The number of halogens is 13. The summed E-state index contributed by atoms with van der Waals surface area (Å²) in [4.78, 5) is 0. The summed E-state index contributed by atoms with van der Waals surface area (Å²) in [5, 5.41) is 0. The van der Waals surface area contributed by atoms with Gasteiger partial charge >= 0.3 is 35.8 Å². The van der Waals surface area contributed by atoms with Crippen molar-refractivity contribution in [2.75, 3.05) is 7.11 Å². The molecule has 156 valence electrons. The molecule has 0 heterocycles. The third-order valence-corrected chi connectivity index (χ3v) is 3.38. The number of hydrogen-bond donors (Lipinski definition) is 0. The molecule has 0 amide bonds. The second-order valence-corrected chi connectivity index (χ2v) is 5.07. The van der Waals surface area contributed by atoms with E-state index in [1.165, 1.54) is 0 Å². The minimum Gasteiger partial charge on any atom is -0.496 e. The van der Waals surface area contributed by atoms with Gasteiger partial charge < -0.3 is 4.74 Å². The van der Waals surface area contributed by atoms with E-state index in [9.17, 15) is 57.1 Å². The van der Waals surface area contributed by atoms with Crippen LogP contribution in [0, 0.1) is 0 Å². The average molecular weight is 426 g/mol. The van der Waals surface area contributed by atoms with Crippen molar-refractivity contribution in [1.29, 1.82) is 0 Å². The van der Waals surface area contributed by atoms with Crippen LogP contribution >= 0.6 is 0 Å². The molecular weight excluding hydrogens is 419 g/mol. The molecule has 14 heteroatoms. The minimum atomic E-state index is -7.92. The molecule has 27 heavy (non-hydrogen) atoms. The van der Waals surface area contributed by atoms with Crippen LogP contribution in [0.1, 0.15) is 5.56 Å². The lowest BCUT2D eigenvalue weighted by molar-refractivity contribution is -0.441. The van der Waals surface area contributed by atoms with Gasteiger partial charge in [-0.05, 0) is 12.1 Å². The van der Waals surface area contributed by atoms with Crippen molar-refractivity contribution in [3.05, 3.63) is 29.8 Å². The maximum Gasteiger partial charge on any atom is 0.460 e. The van der Waals surface area contributed by atoms with E-state index in [0.29, 0.717) is 19.2 Å². The van der Waals surface area contributed by atoms with Crippen molar-refractivity contribution < 1.29 is 61.8 Å². The van der Waals surface area contributed by atoms with Crippen LogP contribution in [0.15, 0.2) is 24.3 Å². The molecular formula is C13H7F13O. The lowest BCUT2D eigenvalue weighted by Gasteiger charge is -2.40. The fourth-order valence-electron chi connectivity index (χ4n) is 1.84. The molecule has 0 N–H and O–H groups in total. The average Bonchev–Trinajstić information content (AvgIpc) is 2.52. The zero-order valence-electron chi connectivity index (χ0n) is 12.6. The summed E-state index contributed by atoms with van der Waals surface area (Å²) < 4.78 is 174. The van der Waals surface area contributed by atoms with E-state index >= 15 is 0 Å². The SMILES string of the molecule is COc1ccccc1C(F)(F)C(F)(F)C(F)(F)C(F)(F)C(F)(F)C(F)(F)F. The van der Waals surface area contributed by atoms with Gasteiger partial charge in [-0.15, -0.1) is 0 Å². The van der Waals surface area contributed by atoms with E-state index in [1.807, 2.05) is 0 Å². The van der Waals surface area contributed by atoms with Crippen LogP contribution in [0.3, 0.4) is 0 Å². The van der Waals surface area contributed by atoms with Crippen LogP contribution in [0.5, 0.6) is 5.75 Å². The van der Waals surface area contributed by atoms with Gasteiger partial charge in [0.2, 0.25) is 0 Å². The first-order valence-electron chi connectivity index (χ1n) is 6.40. The standard InChI is InChI=1S/C13H7F13O/c1-27-7-5-3-2-4-6(7)8(14,15)9(16,17)10(18,19)11(20,21)12(22,23)13(24,25)26/h2-5H,1H3. The lowest BCUT2D eigenvalue weighted by Crippen LogP contribution is -2.69. The zero-order chi connectivity index (χ0) is 21.7. The Labute approximate surface area is 141 Å². The molecule has 1 nitrogen and oxygen atoms in total. The van der Waals surface area contributed by atoms with Crippen molar-refractivity contribution in [2.24, 2.45) is 0 Å². The first-order valence-corrected chi connectivity index (χ1v) is 6.40. The van der Waals surface area contributed by atoms with Gasteiger partial charge in [0.25, 0.3) is 0 Å². The van der Waals surface area contributed by atoms with E-state index in [1.54, 1.807) is 0 Å². The van der Waals surface area contributed by atoms with Crippen LogP contribution in [0.2, 0.25) is 0 Å². The Hall–Kier alpha value is -1.89. The third kappa shape index (κ3) is 3.06. The molecule has 0 saturated heterocycles. The van der Waals surface area contributed by atoms with E-state index in [4.69, 9.17) is 0 Å². The molecule has 0 fully saturated rings. The molecule has 1 aromatic carbocycles. The van der Waals surface area contributed by atoms with Gasteiger partial charge in [-0.3, -0.25) is 0 Å². The van der Waals surface area contributed by atoms with E-state index < -0.39 is 47.1 Å². The predicted octanol–water partition coefficient (Wildman–Crippen LogP) is 5.89. The Morgan fingerprint density at radius 1 is 0.593 bits per heavy atom. The highest BCUT2D eigenvalue weighted by molar-refractivity contribution is 5.39.